The molecule has 1 aliphatic carbocycles. The minimum Gasteiger partial charge on any atom is -0.370 e. The average Bonchev–Trinajstić information content (AvgIpc) is 2.69. The maximum absolute atomic E-state index is 11.3. The fourth-order valence-electron chi connectivity index (χ4n) is 1.11. The van der Waals surface area contributed by atoms with Crippen molar-refractivity contribution in [1.29, 1.82) is 0 Å². The molecule has 12 heavy (non-hydrogen) atoms. The summed E-state index contributed by atoms with van der Waals surface area (Å²) in [4.78, 5) is 11.3. The van der Waals surface area contributed by atoms with Crippen LogP contribution in [0.5, 0.6) is 0 Å². The Bertz CT molecular complexity index is 168. The van der Waals surface area contributed by atoms with Crippen LogP contribution in [0.25, 0.3) is 0 Å². The second-order valence-corrected chi connectivity index (χ2v) is 3.29. The monoisotopic (exact) mass is 172 g/mol. The highest BCUT2D eigenvalue weighted by Crippen LogP contribution is 2.28. The van der Waals surface area contributed by atoms with Crippen LogP contribution < -0.4 is 11.1 Å². The van der Waals surface area contributed by atoms with Gasteiger partial charge in [0, 0.05) is 19.7 Å². The van der Waals surface area contributed by atoms with Crippen LogP contribution in [-0.2, 0) is 9.53 Å². The molecule has 0 saturated heterocycles. The lowest BCUT2D eigenvalue weighted by Gasteiger charge is -2.12. The molecule has 3 unspecified atom stereocenters. The van der Waals surface area contributed by atoms with Crippen LogP contribution in [0, 0.1) is 5.92 Å². The lowest BCUT2D eigenvalue weighted by molar-refractivity contribution is -0.130. The average molecular weight is 172 g/mol. The van der Waals surface area contributed by atoms with Gasteiger partial charge in [0.25, 0.3) is 5.91 Å². The summed E-state index contributed by atoms with van der Waals surface area (Å²) in [6.07, 6.45) is 0.588. The van der Waals surface area contributed by atoms with Crippen molar-refractivity contribution in [2.75, 3.05) is 13.7 Å². The van der Waals surface area contributed by atoms with Crippen molar-refractivity contribution in [2.24, 2.45) is 11.7 Å². The van der Waals surface area contributed by atoms with Gasteiger partial charge in [-0.3, -0.25) is 4.79 Å². The Kier molecular flexibility index (Phi) is 3.05. The van der Waals surface area contributed by atoms with Gasteiger partial charge in [-0.2, -0.15) is 0 Å². The normalized spacial score (nSPS) is 29.6. The fraction of sp³-hybridized carbons (Fsp3) is 0.875. The van der Waals surface area contributed by atoms with Crippen molar-refractivity contribution in [3.8, 4) is 0 Å². The Morgan fingerprint density at radius 1 is 1.83 bits per heavy atom. The first-order valence-corrected chi connectivity index (χ1v) is 4.22. The number of hydrogen-bond acceptors (Lipinski definition) is 3. The summed E-state index contributed by atoms with van der Waals surface area (Å²) in [5.74, 6) is 0.526. The van der Waals surface area contributed by atoms with Crippen molar-refractivity contribution in [3.63, 3.8) is 0 Å². The lowest BCUT2D eigenvalue weighted by Crippen LogP contribution is -2.41. The van der Waals surface area contributed by atoms with E-state index in [0.717, 1.165) is 6.42 Å². The molecule has 0 aromatic carbocycles. The molecule has 3 atom stereocenters. The number of carbonyl (C=O) groups excluding carboxylic acids is 1. The molecular formula is C8H16N2O2. The molecule has 0 aromatic heterocycles. The Balaban J connectivity index is 2.26. The van der Waals surface area contributed by atoms with E-state index in [1.165, 1.54) is 7.11 Å². The highest BCUT2D eigenvalue weighted by atomic mass is 16.5. The van der Waals surface area contributed by atoms with Crippen LogP contribution in [0.15, 0.2) is 0 Å². The van der Waals surface area contributed by atoms with E-state index in [1.54, 1.807) is 0 Å². The van der Waals surface area contributed by atoms with E-state index in [1.807, 2.05) is 0 Å². The smallest absolute Gasteiger partial charge is 0.250 e. The van der Waals surface area contributed by atoms with E-state index in [0.29, 0.717) is 12.0 Å². The van der Waals surface area contributed by atoms with E-state index in [4.69, 9.17) is 10.5 Å². The van der Waals surface area contributed by atoms with Crippen LogP contribution in [-0.4, -0.2) is 31.7 Å². The van der Waals surface area contributed by atoms with Crippen LogP contribution in [0.2, 0.25) is 0 Å². The Hall–Kier alpha value is -0.610. The predicted octanol–water partition coefficient (Wildman–Crippen LogP) is -0.515. The van der Waals surface area contributed by atoms with Gasteiger partial charge >= 0.3 is 0 Å². The first-order valence-electron chi connectivity index (χ1n) is 4.22. The van der Waals surface area contributed by atoms with Gasteiger partial charge in [-0.15, -0.1) is 0 Å². The maximum Gasteiger partial charge on any atom is 0.250 e. The molecule has 0 aliphatic heterocycles. The van der Waals surface area contributed by atoms with Gasteiger partial charge in [0.2, 0.25) is 0 Å². The molecule has 1 fully saturated rings. The molecule has 1 aliphatic rings. The molecule has 1 saturated carbocycles. The third kappa shape index (κ3) is 2.19. The molecule has 0 spiro atoms. The SMILES string of the molecule is COC(CN)C(=O)NC1CC1C. The first kappa shape index (κ1) is 9.48. The fourth-order valence-corrected chi connectivity index (χ4v) is 1.11. The summed E-state index contributed by atoms with van der Waals surface area (Å²) in [6.45, 7) is 2.35. The van der Waals surface area contributed by atoms with Crippen LogP contribution in [0.1, 0.15) is 13.3 Å². The molecular weight excluding hydrogens is 156 g/mol. The highest BCUT2D eigenvalue weighted by molar-refractivity contribution is 5.81. The minimum absolute atomic E-state index is 0.0886. The third-order valence-electron chi connectivity index (χ3n) is 2.23. The number of amides is 1. The van der Waals surface area contributed by atoms with Gasteiger partial charge < -0.3 is 15.8 Å². The predicted molar refractivity (Wildman–Crippen MR) is 45.6 cm³/mol. The zero-order valence-corrected chi connectivity index (χ0v) is 7.54. The molecule has 0 aromatic rings. The summed E-state index contributed by atoms with van der Waals surface area (Å²) in [5, 5.41) is 2.86. The molecule has 0 radical (unpaired) electrons. The number of carbonyl (C=O) groups is 1. The third-order valence-corrected chi connectivity index (χ3v) is 2.23. The van der Waals surface area contributed by atoms with E-state index < -0.39 is 6.10 Å². The maximum atomic E-state index is 11.3. The summed E-state index contributed by atoms with van der Waals surface area (Å²) in [7, 11) is 1.49. The molecule has 0 bridgehead atoms. The number of hydrogen-bond donors (Lipinski definition) is 2. The minimum atomic E-state index is -0.488. The van der Waals surface area contributed by atoms with Crippen molar-refractivity contribution in [2.45, 2.75) is 25.5 Å². The molecule has 1 rings (SSSR count). The molecule has 4 nitrogen and oxygen atoms in total. The topological polar surface area (TPSA) is 64.3 Å². The van der Waals surface area contributed by atoms with Crippen molar-refractivity contribution >= 4 is 5.91 Å². The number of ether oxygens (including phenoxy) is 1. The van der Waals surface area contributed by atoms with Gasteiger partial charge in [0.05, 0.1) is 0 Å². The van der Waals surface area contributed by atoms with Gasteiger partial charge in [0.1, 0.15) is 6.10 Å². The quantitative estimate of drug-likeness (QED) is 0.600. The second-order valence-electron chi connectivity index (χ2n) is 3.29. The summed E-state index contributed by atoms with van der Waals surface area (Å²) >= 11 is 0. The molecule has 70 valence electrons. The standard InChI is InChI=1S/C8H16N2O2/c1-5-3-6(5)10-8(11)7(4-9)12-2/h5-7H,3-4,9H2,1-2H3,(H,10,11). The van der Waals surface area contributed by atoms with E-state index in [-0.39, 0.29) is 12.5 Å². The number of nitrogens with two attached hydrogens (primary N) is 1. The highest BCUT2D eigenvalue weighted by Gasteiger charge is 2.35. The Labute approximate surface area is 72.5 Å². The largest absolute Gasteiger partial charge is 0.370 e. The lowest BCUT2D eigenvalue weighted by atomic mass is 10.3. The molecule has 0 heterocycles. The summed E-state index contributed by atoms with van der Waals surface area (Å²) in [6, 6.07) is 0.349. The van der Waals surface area contributed by atoms with Gasteiger partial charge in [-0.05, 0) is 12.3 Å². The van der Waals surface area contributed by atoms with Crippen molar-refractivity contribution in [3.05, 3.63) is 0 Å². The zero-order valence-electron chi connectivity index (χ0n) is 7.54. The second kappa shape index (κ2) is 3.87. The van der Waals surface area contributed by atoms with Gasteiger partial charge in [-0.25, -0.2) is 0 Å². The number of methoxy groups -OCH3 is 1. The molecule has 3 N–H and O–H groups in total. The number of nitrogens with one attached hydrogen (secondary N) is 1. The summed E-state index contributed by atoms with van der Waals surface area (Å²) in [5.41, 5.74) is 5.33. The molecule has 1 amide bonds. The Morgan fingerprint density at radius 2 is 2.42 bits per heavy atom. The Morgan fingerprint density at radius 3 is 2.75 bits per heavy atom. The van der Waals surface area contributed by atoms with Gasteiger partial charge in [-0.1, -0.05) is 6.92 Å². The summed E-state index contributed by atoms with van der Waals surface area (Å²) < 4.78 is 4.89. The molecule has 4 heteroatoms. The van der Waals surface area contributed by atoms with E-state index in [9.17, 15) is 4.79 Å². The van der Waals surface area contributed by atoms with Crippen LogP contribution >= 0.6 is 0 Å². The van der Waals surface area contributed by atoms with Crippen LogP contribution in [0.4, 0.5) is 0 Å². The van der Waals surface area contributed by atoms with Crippen molar-refractivity contribution < 1.29 is 9.53 Å². The van der Waals surface area contributed by atoms with Crippen LogP contribution in [0.3, 0.4) is 0 Å². The van der Waals surface area contributed by atoms with Crippen molar-refractivity contribution in [1.82, 2.24) is 5.32 Å². The first-order chi connectivity index (χ1) is 5.69. The van der Waals surface area contributed by atoms with Gasteiger partial charge in [0.15, 0.2) is 0 Å². The zero-order chi connectivity index (χ0) is 9.14. The van der Waals surface area contributed by atoms with E-state index >= 15 is 0 Å². The number of rotatable bonds is 4. The van der Waals surface area contributed by atoms with E-state index in [2.05, 4.69) is 12.2 Å².